The minimum atomic E-state index is 0.261. The molecule has 0 bridgehead atoms. The Bertz CT molecular complexity index is 230. The summed E-state index contributed by atoms with van der Waals surface area (Å²) in [5.41, 5.74) is 0. The molecule has 3 heteroatoms. The molecule has 1 saturated heterocycles. The summed E-state index contributed by atoms with van der Waals surface area (Å²) in [5, 5.41) is 2.98. The van der Waals surface area contributed by atoms with Gasteiger partial charge in [0.2, 0.25) is 5.91 Å². The normalized spacial score (nSPS) is 37.4. The van der Waals surface area contributed by atoms with Crippen molar-refractivity contribution < 1.29 is 9.53 Å². The lowest BCUT2D eigenvalue weighted by Crippen LogP contribution is -2.42. The molecular weight excluding hydrogens is 190 g/mol. The summed E-state index contributed by atoms with van der Waals surface area (Å²) < 4.78 is 5.42. The van der Waals surface area contributed by atoms with Gasteiger partial charge < -0.3 is 10.1 Å². The van der Waals surface area contributed by atoms with Gasteiger partial charge in [0.05, 0.1) is 6.10 Å². The van der Waals surface area contributed by atoms with Gasteiger partial charge in [0.25, 0.3) is 0 Å². The third-order valence-corrected chi connectivity index (χ3v) is 3.90. The largest absolute Gasteiger partial charge is 0.381 e. The fourth-order valence-electron chi connectivity index (χ4n) is 3.01. The van der Waals surface area contributed by atoms with E-state index in [9.17, 15) is 4.79 Å². The average Bonchev–Trinajstić information content (AvgIpc) is 2.30. The van der Waals surface area contributed by atoms with Gasteiger partial charge in [-0.25, -0.2) is 0 Å². The van der Waals surface area contributed by atoms with Crippen LogP contribution in [-0.2, 0) is 9.53 Å². The zero-order chi connectivity index (χ0) is 10.7. The Labute approximate surface area is 91.6 Å². The molecule has 0 aromatic heterocycles. The molecular formula is C12H21NO2. The lowest BCUT2D eigenvalue weighted by molar-refractivity contribution is -0.129. The maximum atomic E-state index is 11.7. The number of ether oxygens (including phenoxy) is 1. The van der Waals surface area contributed by atoms with E-state index < -0.39 is 0 Å². The molecule has 1 N–H and O–H groups in total. The Morgan fingerprint density at radius 1 is 1.27 bits per heavy atom. The van der Waals surface area contributed by atoms with Gasteiger partial charge in [-0.3, -0.25) is 4.79 Å². The molecule has 3 unspecified atom stereocenters. The highest BCUT2D eigenvalue weighted by atomic mass is 16.5. The van der Waals surface area contributed by atoms with Crippen LogP contribution >= 0.6 is 0 Å². The van der Waals surface area contributed by atoms with Gasteiger partial charge in [-0.1, -0.05) is 6.42 Å². The van der Waals surface area contributed by atoms with Gasteiger partial charge in [0.15, 0.2) is 0 Å². The monoisotopic (exact) mass is 211 g/mol. The number of amides is 1. The van der Waals surface area contributed by atoms with E-state index in [0.29, 0.717) is 12.0 Å². The third-order valence-electron chi connectivity index (χ3n) is 3.90. The Morgan fingerprint density at radius 2 is 2.13 bits per heavy atom. The van der Waals surface area contributed by atoms with Gasteiger partial charge in [-0.2, -0.15) is 0 Å². The first-order valence-corrected chi connectivity index (χ1v) is 6.11. The Balaban J connectivity index is 1.93. The summed E-state index contributed by atoms with van der Waals surface area (Å²) in [7, 11) is 1.79. The first-order chi connectivity index (χ1) is 7.31. The number of carbonyl (C=O) groups excluding carboxylic acids is 1. The molecule has 2 aliphatic rings. The molecule has 0 spiro atoms. The fourth-order valence-corrected chi connectivity index (χ4v) is 3.01. The van der Waals surface area contributed by atoms with Crippen molar-refractivity contribution >= 4 is 5.91 Å². The molecule has 1 heterocycles. The predicted octanol–water partition coefficient (Wildman–Crippen LogP) is 1.72. The van der Waals surface area contributed by atoms with Crippen molar-refractivity contribution in [1.29, 1.82) is 0 Å². The summed E-state index contributed by atoms with van der Waals surface area (Å²) in [4.78, 5) is 11.7. The van der Waals surface area contributed by atoms with E-state index in [1.807, 2.05) is 0 Å². The molecule has 0 aromatic rings. The molecule has 0 aromatic carbocycles. The van der Waals surface area contributed by atoms with E-state index in [1.165, 1.54) is 19.3 Å². The molecule has 3 nitrogen and oxygen atoms in total. The topological polar surface area (TPSA) is 38.3 Å². The van der Waals surface area contributed by atoms with Gasteiger partial charge >= 0.3 is 0 Å². The van der Waals surface area contributed by atoms with Crippen molar-refractivity contribution in [2.45, 2.75) is 44.6 Å². The number of nitrogens with one attached hydrogen (secondary N) is 1. The molecule has 2 rings (SSSR count). The lowest BCUT2D eigenvalue weighted by atomic mass is 9.75. The van der Waals surface area contributed by atoms with Crippen molar-refractivity contribution in [3.05, 3.63) is 0 Å². The highest BCUT2D eigenvalue weighted by Gasteiger charge is 2.33. The molecule has 86 valence electrons. The molecule has 1 amide bonds. The first-order valence-electron chi connectivity index (χ1n) is 6.11. The van der Waals surface area contributed by atoms with E-state index in [2.05, 4.69) is 5.32 Å². The second-order valence-corrected chi connectivity index (χ2v) is 4.82. The van der Waals surface area contributed by atoms with Crippen LogP contribution in [0, 0.1) is 11.8 Å². The van der Waals surface area contributed by atoms with Crippen LogP contribution in [0.15, 0.2) is 0 Å². The van der Waals surface area contributed by atoms with Gasteiger partial charge in [0.1, 0.15) is 0 Å². The zero-order valence-electron chi connectivity index (χ0n) is 9.50. The smallest absolute Gasteiger partial charge is 0.223 e. The number of rotatable bonds is 2. The van der Waals surface area contributed by atoms with Crippen molar-refractivity contribution in [3.63, 3.8) is 0 Å². The van der Waals surface area contributed by atoms with Crippen molar-refractivity contribution in [2.24, 2.45) is 11.8 Å². The molecule has 0 radical (unpaired) electrons. The number of hydrogen-bond donors (Lipinski definition) is 1. The predicted molar refractivity (Wildman–Crippen MR) is 58.5 cm³/mol. The van der Waals surface area contributed by atoms with Crippen LogP contribution in [-0.4, -0.2) is 25.7 Å². The lowest BCUT2D eigenvalue weighted by Gasteiger charge is -2.35. The SMILES string of the molecule is COC1CCCC(C2CCCNC2=O)C1. The third kappa shape index (κ3) is 2.51. The highest BCUT2D eigenvalue weighted by Crippen LogP contribution is 2.34. The molecule has 1 aliphatic heterocycles. The Kier molecular flexibility index (Phi) is 3.62. The van der Waals surface area contributed by atoms with Crippen LogP contribution in [0.3, 0.4) is 0 Å². The van der Waals surface area contributed by atoms with Crippen LogP contribution in [0.4, 0.5) is 0 Å². The second kappa shape index (κ2) is 4.97. The number of carbonyl (C=O) groups is 1. The van der Waals surface area contributed by atoms with Crippen molar-refractivity contribution in [2.75, 3.05) is 13.7 Å². The number of hydrogen-bond acceptors (Lipinski definition) is 2. The number of piperidine rings is 1. The molecule has 1 saturated carbocycles. The minimum Gasteiger partial charge on any atom is -0.381 e. The quantitative estimate of drug-likeness (QED) is 0.755. The summed E-state index contributed by atoms with van der Waals surface area (Å²) in [6, 6.07) is 0. The van der Waals surface area contributed by atoms with Crippen LogP contribution in [0.25, 0.3) is 0 Å². The zero-order valence-corrected chi connectivity index (χ0v) is 9.50. The van der Waals surface area contributed by atoms with E-state index in [4.69, 9.17) is 4.74 Å². The van der Waals surface area contributed by atoms with Crippen LogP contribution in [0.1, 0.15) is 38.5 Å². The maximum absolute atomic E-state index is 11.7. The molecule has 1 aliphatic carbocycles. The summed E-state index contributed by atoms with van der Waals surface area (Å²) >= 11 is 0. The van der Waals surface area contributed by atoms with E-state index in [1.54, 1.807) is 7.11 Å². The standard InChI is InChI=1S/C12H21NO2/c1-15-10-5-2-4-9(8-10)11-6-3-7-13-12(11)14/h9-11H,2-8H2,1H3,(H,13,14). The van der Waals surface area contributed by atoms with Gasteiger partial charge in [0, 0.05) is 19.6 Å². The van der Waals surface area contributed by atoms with E-state index >= 15 is 0 Å². The summed E-state index contributed by atoms with van der Waals surface area (Å²) in [5.74, 6) is 1.10. The van der Waals surface area contributed by atoms with Crippen LogP contribution in [0.2, 0.25) is 0 Å². The Hall–Kier alpha value is -0.570. The van der Waals surface area contributed by atoms with Gasteiger partial charge in [-0.15, -0.1) is 0 Å². The highest BCUT2D eigenvalue weighted by molar-refractivity contribution is 5.79. The van der Waals surface area contributed by atoms with Crippen molar-refractivity contribution in [3.8, 4) is 0 Å². The molecule has 15 heavy (non-hydrogen) atoms. The summed E-state index contributed by atoms with van der Waals surface area (Å²) in [6.45, 7) is 0.871. The van der Waals surface area contributed by atoms with Gasteiger partial charge in [-0.05, 0) is 38.0 Å². The van der Waals surface area contributed by atoms with Crippen molar-refractivity contribution in [1.82, 2.24) is 5.32 Å². The second-order valence-electron chi connectivity index (χ2n) is 4.82. The van der Waals surface area contributed by atoms with E-state index in [-0.39, 0.29) is 11.8 Å². The first kappa shape index (κ1) is 10.9. The minimum absolute atomic E-state index is 0.261. The molecule has 2 fully saturated rings. The number of methoxy groups -OCH3 is 1. The fraction of sp³-hybridized carbons (Fsp3) is 0.917. The van der Waals surface area contributed by atoms with Crippen LogP contribution in [0.5, 0.6) is 0 Å². The average molecular weight is 211 g/mol. The van der Waals surface area contributed by atoms with E-state index in [0.717, 1.165) is 25.8 Å². The maximum Gasteiger partial charge on any atom is 0.223 e. The van der Waals surface area contributed by atoms with Crippen LogP contribution < -0.4 is 5.32 Å². The molecule has 3 atom stereocenters. The summed E-state index contributed by atoms with van der Waals surface area (Å²) in [6.07, 6.45) is 7.27. The Morgan fingerprint density at radius 3 is 2.87 bits per heavy atom.